The molecule has 2 heterocycles. The van der Waals surface area contributed by atoms with Crippen molar-refractivity contribution >= 4 is 35.1 Å². The van der Waals surface area contributed by atoms with Crippen LogP contribution in [-0.2, 0) is 9.59 Å². The molecule has 1 fully saturated rings. The van der Waals surface area contributed by atoms with E-state index >= 15 is 4.39 Å². The first kappa shape index (κ1) is 29.4. The number of carbonyl (C=O) groups excluding carboxylic acids is 2. The molecule has 0 aliphatic carbocycles. The van der Waals surface area contributed by atoms with Crippen LogP contribution in [-0.4, -0.2) is 58.6 Å². The lowest BCUT2D eigenvalue weighted by Gasteiger charge is -2.45. The second-order valence-electron chi connectivity index (χ2n) is 11.1. The molecule has 0 unspecified atom stereocenters. The summed E-state index contributed by atoms with van der Waals surface area (Å²) in [6, 6.07) is 16.4. The number of aliphatic carboxylic acids is 1. The number of carboxylic acid groups (broad SMARTS) is 1. The van der Waals surface area contributed by atoms with Crippen LogP contribution >= 0.6 is 11.6 Å². The lowest BCUT2D eigenvalue weighted by molar-refractivity contribution is -0.138. The highest BCUT2D eigenvalue weighted by Crippen LogP contribution is 2.42. The van der Waals surface area contributed by atoms with Gasteiger partial charge in [-0.05, 0) is 75.6 Å². The van der Waals surface area contributed by atoms with Crippen LogP contribution in [0.2, 0.25) is 5.02 Å². The fraction of sp³-hybridized carbons (Fsp3) is 0.344. The number of rotatable bonds is 7. The van der Waals surface area contributed by atoms with Crippen molar-refractivity contribution in [3.63, 3.8) is 0 Å². The van der Waals surface area contributed by atoms with Gasteiger partial charge in [-0.1, -0.05) is 35.9 Å². The molecule has 8 nitrogen and oxygen atoms in total. The highest BCUT2D eigenvalue weighted by Gasteiger charge is 2.44. The molecule has 220 valence electrons. The van der Waals surface area contributed by atoms with Gasteiger partial charge in [-0.2, -0.15) is 0 Å². The fourth-order valence-electron chi connectivity index (χ4n) is 5.51. The molecule has 2 amide bonds. The second-order valence-corrected chi connectivity index (χ2v) is 11.6. The topological polar surface area (TPSA) is 96.4 Å². The number of para-hydroxylation sites is 1. The number of fused-ring (bicyclic) bond motifs is 1. The van der Waals surface area contributed by atoms with Crippen molar-refractivity contribution in [3.05, 3.63) is 77.1 Å². The molecule has 2 aliphatic rings. The van der Waals surface area contributed by atoms with E-state index in [2.05, 4.69) is 0 Å². The third kappa shape index (κ3) is 5.92. The molecular weight excluding hydrogens is 563 g/mol. The minimum Gasteiger partial charge on any atom is -0.489 e. The maximum absolute atomic E-state index is 15.4. The van der Waals surface area contributed by atoms with Gasteiger partial charge in [-0.15, -0.1) is 0 Å². The molecule has 2 aliphatic heterocycles. The van der Waals surface area contributed by atoms with Gasteiger partial charge in [0.25, 0.3) is 11.8 Å². The zero-order valence-electron chi connectivity index (χ0n) is 23.6. The predicted octanol–water partition coefficient (Wildman–Crippen LogP) is 6.20. The molecule has 0 radical (unpaired) electrons. The standard InChI is InChI=1S/C32H32ClFN2O6/c1-19(16-29(37)38)41-27-7-5-4-6-23(27)20-8-10-24(25(34)17-20)30(39)35-14-12-22(13-15-35)36-26-18-21(33)9-11-28(26)42-32(2,3)31(36)40/h4-11,17-19,22H,12-16H2,1-3H3,(H,37,38)/t19-/m1/s1. The highest BCUT2D eigenvalue weighted by molar-refractivity contribution is 6.31. The smallest absolute Gasteiger partial charge is 0.307 e. The average molecular weight is 595 g/mol. The number of anilines is 1. The summed E-state index contributed by atoms with van der Waals surface area (Å²) in [6.45, 7) is 5.81. The van der Waals surface area contributed by atoms with E-state index in [1.807, 2.05) is 0 Å². The predicted molar refractivity (Wildman–Crippen MR) is 157 cm³/mol. The number of hydrogen-bond donors (Lipinski definition) is 1. The molecule has 1 atom stereocenters. The number of carboxylic acids is 1. The minimum atomic E-state index is -1.05. The Morgan fingerprint density at radius 1 is 1.12 bits per heavy atom. The van der Waals surface area contributed by atoms with E-state index in [1.165, 1.54) is 12.1 Å². The first-order valence-electron chi connectivity index (χ1n) is 13.8. The second kappa shape index (κ2) is 11.6. The number of carbonyl (C=O) groups is 3. The van der Waals surface area contributed by atoms with Crippen molar-refractivity contribution in [2.24, 2.45) is 0 Å². The molecule has 0 saturated carbocycles. The van der Waals surface area contributed by atoms with Gasteiger partial charge in [0.15, 0.2) is 5.60 Å². The van der Waals surface area contributed by atoms with Crippen molar-refractivity contribution in [1.29, 1.82) is 0 Å². The Kier molecular flexibility index (Phi) is 8.14. The zero-order chi connectivity index (χ0) is 30.2. The summed E-state index contributed by atoms with van der Waals surface area (Å²) in [6.07, 6.45) is 0.267. The van der Waals surface area contributed by atoms with Gasteiger partial charge in [0.2, 0.25) is 0 Å². The van der Waals surface area contributed by atoms with Crippen molar-refractivity contribution in [2.75, 3.05) is 18.0 Å². The number of nitrogens with zero attached hydrogens (tertiary/aromatic N) is 2. The molecule has 10 heteroatoms. The van der Waals surface area contributed by atoms with E-state index in [1.54, 1.807) is 79.1 Å². The van der Waals surface area contributed by atoms with Gasteiger partial charge < -0.3 is 24.4 Å². The van der Waals surface area contributed by atoms with E-state index < -0.39 is 29.4 Å². The molecule has 1 N–H and O–H groups in total. The van der Waals surface area contributed by atoms with E-state index in [0.29, 0.717) is 59.3 Å². The number of piperidine rings is 1. The lowest BCUT2D eigenvalue weighted by atomic mass is 9.96. The molecule has 42 heavy (non-hydrogen) atoms. The van der Waals surface area contributed by atoms with E-state index in [0.717, 1.165) is 0 Å². The van der Waals surface area contributed by atoms with Gasteiger partial charge in [0.1, 0.15) is 23.4 Å². The Labute approximate surface area is 248 Å². The maximum atomic E-state index is 15.4. The van der Waals surface area contributed by atoms with Crippen LogP contribution in [0.25, 0.3) is 11.1 Å². The monoisotopic (exact) mass is 594 g/mol. The number of benzene rings is 3. The molecule has 0 spiro atoms. The number of hydrogen-bond acceptors (Lipinski definition) is 5. The fourth-order valence-corrected chi connectivity index (χ4v) is 5.68. The van der Waals surface area contributed by atoms with Crippen molar-refractivity contribution in [1.82, 2.24) is 4.90 Å². The van der Waals surface area contributed by atoms with Crippen LogP contribution < -0.4 is 14.4 Å². The third-order valence-corrected chi connectivity index (χ3v) is 7.82. The minimum absolute atomic E-state index is 0.0458. The number of ether oxygens (including phenoxy) is 2. The van der Waals surface area contributed by atoms with Crippen LogP contribution in [0.5, 0.6) is 11.5 Å². The summed E-state index contributed by atoms with van der Waals surface area (Å²) in [5, 5.41) is 9.54. The summed E-state index contributed by atoms with van der Waals surface area (Å²) in [5.41, 5.74) is 0.616. The summed E-state index contributed by atoms with van der Waals surface area (Å²) in [4.78, 5) is 41.1. The van der Waals surface area contributed by atoms with Crippen molar-refractivity contribution in [2.45, 2.75) is 57.8 Å². The lowest BCUT2D eigenvalue weighted by Crippen LogP contribution is -2.58. The first-order chi connectivity index (χ1) is 19.9. The summed E-state index contributed by atoms with van der Waals surface area (Å²) < 4.78 is 27.1. The molecule has 0 aromatic heterocycles. The van der Waals surface area contributed by atoms with Gasteiger partial charge in [0, 0.05) is 29.7 Å². The van der Waals surface area contributed by atoms with Crippen LogP contribution in [0, 0.1) is 5.82 Å². The van der Waals surface area contributed by atoms with Gasteiger partial charge in [-0.3, -0.25) is 14.4 Å². The van der Waals surface area contributed by atoms with Gasteiger partial charge in [-0.25, -0.2) is 4.39 Å². The highest BCUT2D eigenvalue weighted by atomic mass is 35.5. The number of likely N-dealkylation sites (tertiary alicyclic amines) is 1. The zero-order valence-corrected chi connectivity index (χ0v) is 24.4. The first-order valence-corrected chi connectivity index (χ1v) is 14.2. The van der Waals surface area contributed by atoms with Gasteiger partial charge >= 0.3 is 5.97 Å². The van der Waals surface area contributed by atoms with Crippen LogP contribution in [0.4, 0.5) is 10.1 Å². The summed E-state index contributed by atoms with van der Waals surface area (Å²) in [5.74, 6) is -1.24. The number of amides is 2. The Morgan fingerprint density at radius 3 is 2.52 bits per heavy atom. The maximum Gasteiger partial charge on any atom is 0.307 e. The Bertz CT molecular complexity index is 1540. The molecule has 5 rings (SSSR count). The number of halogens is 2. The van der Waals surface area contributed by atoms with Crippen molar-refractivity contribution in [3.8, 4) is 22.6 Å². The van der Waals surface area contributed by atoms with E-state index in [9.17, 15) is 14.4 Å². The van der Waals surface area contributed by atoms with E-state index in [4.69, 9.17) is 26.2 Å². The molecule has 3 aromatic rings. The molecule has 0 bridgehead atoms. The van der Waals surface area contributed by atoms with E-state index in [-0.39, 0.29) is 23.9 Å². The normalized spacial score (nSPS) is 17.3. The Hall–Kier alpha value is -4.11. The average Bonchev–Trinajstić information content (AvgIpc) is 2.94. The SMILES string of the molecule is C[C@H](CC(=O)O)Oc1ccccc1-c1ccc(C(=O)N2CCC(N3C(=O)C(C)(C)Oc4ccc(Cl)cc43)CC2)c(F)c1. The largest absolute Gasteiger partial charge is 0.489 e. The van der Waals surface area contributed by atoms with Crippen LogP contribution in [0.1, 0.15) is 50.4 Å². The summed E-state index contributed by atoms with van der Waals surface area (Å²) in [7, 11) is 0. The van der Waals surface area contributed by atoms with Crippen molar-refractivity contribution < 1.29 is 33.4 Å². The quantitative estimate of drug-likeness (QED) is 0.350. The molecular formula is C32H32ClFN2O6. The van der Waals surface area contributed by atoms with Crippen LogP contribution in [0.15, 0.2) is 60.7 Å². The van der Waals surface area contributed by atoms with Crippen LogP contribution in [0.3, 0.4) is 0 Å². The molecule has 1 saturated heterocycles. The van der Waals surface area contributed by atoms with Gasteiger partial charge in [0.05, 0.1) is 17.7 Å². The Balaban J connectivity index is 1.30. The molecule has 3 aromatic carbocycles. The third-order valence-electron chi connectivity index (χ3n) is 7.58. The summed E-state index contributed by atoms with van der Waals surface area (Å²) >= 11 is 6.24. The Morgan fingerprint density at radius 2 is 1.83 bits per heavy atom.